The van der Waals surface area contributed by atoms with Crippen LogP contribution >= 0.6 is 0 Å². The van der Waals surface area contributed by atoms with Gasteiger partial charge in [-0.15, -0.1) is 0 Å². The number of hydrogen-bond donors (Lipinski definition) is 2. The van der Waals surface area contributed by atoms with E-state index in [0.29, 0.717) is 24.3 Å². The molecule has 0 radical (unpaired) electrons. The summed E-state index contributed by atoms with van der Waals surface area (Å²) in [6, 6.07) is 0. The lowest BCUT2D eigenvalue weighted by Gasteiger charge is -2.33. The van der Waals surface area contributed by atoms with Crippen LogP contribution in [-0.2, 0) is 4.79 Å². The lowest BCUT2D eigenvalue weighted by atomic mass is 9.77. The van der Waals surface area contributed by atoms with Crippen LogP contribution in [0.1, 0.15) is 78.1 Å². The van der Waals surface area contributed by atoms with Crippen LogP contribution in [-0.4, -0.2) is 28.9 Å². The van der Waals surface area contributed by atoms with E-state index in [2.05, 4.69) is 37.4 Å². The van der Waals surface area contributed by atoms with Gasteiger partial charge in [0, 0.05) is 6.54 Å². The van der Waals surface area contributed by atoms with Gasteiger partial charge in [-0.1, -0.05) is 75.7 Å². The molecule has 1 saturated heterocycles. The highest BCUT2D eigenvalue weighted by Gasteiger charge is 2.50. The zero-order chi connectivity index (χ0) is 18.6. The Bertz CT molecular complexity index is 588. The average molecular weight is 358 g/mol. The van der Waals surface area contributed by atoms with Crippen molar-refractivity contribution in [1.82, 2.24) is 10.2 Å². The van der Waals surface area contributed by atoms with Crippen LogP contribution in [0.4, 0.5) is 0 Å². The van der Waals surface area contributed by atoms with Gasteiger partial charge < -0.3 is 5.32 Å². The summed E-state index contributed by atoms with van der Waals surface area (Å²) in [6.07, 6.45) is 17.8. The van der Waals surface area contributed by atoms with Crippen molar-refractivity contribution in [3.05, 3.63) is 23.8 Å². The van der Waals surface area contributed by atoms with E-state index < -0.39 is 5.54 Å². The molecule has 2 atom stereocenters. The molecule has 26 heavy (non-hydrogen) atoms. The van der Waals surface area contributed by atoms with Crippen molar-refractivity contribution in [2.75, 3.05) is 6.54 Å². The molecule has 3 rings (SSSR count). The number of allylic oxidation sites excluding steroid dienone is 3. The minimum Gasteiger partial charge on any atom is -0.342 e. The van der Waals surface area contributed by atoms with E-state index in [0.717, 1.165) is 32.1 Å². The quantitative estimate of drug-likeness (QED) is 0.689. The normalized spacial score (nSPS) is 29.8. The second-order valence-electron chi connectivity index (χ2n) is 8.59. The monoisotopic (exact) mass is 357 g/mol. The molecule has 1 amide bonds. The van der Waals surface area contributed by atoms with Gasteiger partial charge in [0.05, 0.1) is 0 Å². The van der Waals surface area contributed by atoms with Crippen molar-refractivity contribution < 1.29 is 4.79 Å². The number of amides is 1. The van der Waals surface area contributed by atoms with E-state index in [1.165, 1.54) is 37.7 Å². The highest BCUT2D eigenvalue weighted by Crippen LogP contribution is 2.36. The predicted molar refractivity (Wildman–Crippen MR) is 107 cm³/mol. The number of carbonyl (C=O) groups excluding carboxylic acids is 1. The van der Waals surface area contributed by atoms with Crippen molar-refractivity contribution in [1.29, 1.82) is 5.41 Å². The van der Waals surface area contributed by atoms with Gasteiger partial charge in [0.1, 0.15) is 5.54 Å². The second-order valence-corrected chi connectivity index (χ2v) is 8.59. The van der Waals surface area contributed by atoms with Crippen LogP contribution in [0.15, 0.2) is 23.8 Å². The minimum atomic E-state index is -0.529. The fourth-order valence-corrected chi connectivity index (χ4v) is 4.80. The standard InChI is InChI=1S/C22H35N3O/c1-3-4-14-22(15-18-8-6-5-7-9-18)20(26)25(21(23)24-22)16-19-12-10-17(2)11-13-19/h10-12,18-19H,3-9,13-16H2,1-2H3,(H2,23,24). The fraction of sp³-hybridized carbons (Fsp3) is 0.727. The molecule has 1 saturated carbocycles. The third-order valence-electron chi connectivity index (χ3n) is 6.39. The molecule has 2 fully saturated rings. The van der Waals surface area contributed by atoms with Gasteiger partial charge in [-0.05, 0) is 38.0 Å². The Labute approximate surface area is 158 Å². The number of nitrogens with one attached hydrogen (secondary N) is 2. The van der Waals surface area contributed by atoms with Crippen molar-refractivity contribution >= 4 is 11.9 Å². The van der Waals surface area contributed by atoms with Crippen LogP contribution in [0.5, 0.6) is 0 Å². The van der Waals surface area contributed by atoms with Crippen LogP contribution < -0.4 is 5.32 Å². The first-order valence-corrected chi connectivity index (χ1v) is 10.6. The number of rotatable bonds is 7. The van der Waals surface area contributed by atoms with Crippen LogP contribution in [0.2, 0.25) is 0 Å². The molecule has 2 N–H and O–H groups in total. The molecule has 0 aromatic carbocycles. The zero-order valence-corrected chi connectivity index (χ0v) is 16.5. The number of hydrogen-bond acceptors (Lipinski definition) is 2. The van der Waals surface area contributed by atoms with Gasteiger partial charge in [0.2, 0.25) is 0 Å². The smallest absolute Gasteiger partial charge is 0.255 e. The molecular weight excluding hydrogens is 322 g/mol. The summed E-state index contributed by atoms with van der Waals surface area (Å²) >= 11 is 0. The molecule has 4 nitrogen and oxygen atoms in total. The third-order valence-corrected chi connectivity index (χ3v) is 6.39. The Kier molecular flexibility index (Phi) is 6.20. The first-order valence-electron chi connectivity index (χ1n) is 10.6. The molecule has 0 bridgehead atoms. The first kappa shape index (κ1) is 19.2. The maximum Gasteiger partial charge on any atom is 0.255 e. The zero-order valence-electron chi connectivity index (χ0n) is 16.5. The summed E-state index contributed by atoms with van der Waals surface area (Å²) in [7, 11) is 0. The summed E-state index contributed by atoms with van der Waals surface area (Å²) in [5.41, 5.74) is 0.760. The van der Waals surface area contributed by atoms with Gasteiger partial charge in [0.15, 0.2) is 5.96 Å². The average Bonchev–Trinajstić information content (AvgIpc) is 2.87. The molecule has 1 heterocycles. The van der Waals surface area contributed by atoms with Crippen LogP contribution in [0.3, 0.4) is 0 Å². The van der Waals surface area contributed by atoms with E-state index in [9.17, 15) is 4.79 Å². The van der Waals surface area contributed by atoms with Crippen molar-refractivity contribution in [2.45, 2.75) is 83.6 Å². The van der Waals surface area contributed by atoms with E-state index >= 15 is 0 Å². The molecule has 0 aromatic rings. The molecule has 4 heteroatoms. The van der Waals surface area contributed by atoms with Gasteiger partial charge >= 0.3 is 0 Å². The Hall–Kier alpha value is -1.58. The number of nitrogens with zero attached hydrogens (tertiary/aromatic N) is 1. The molecule has 0 aromatic heterocycles. The summed E-state index contributed by atoms with van der Waals surface area (Å²) in [6.45, 7) is 4.92. The second kappa shape index (κ2) is 8.41. The van der Waals surface area contributed by atoms with Gasteiger partial charge in [-0.25, -0.2) is 0 Å². The van der Waals surface area contributed by atoms with Crippen molar-refractivity contribution in [2.24, 2.45) is 11.8 Å². The van der Waals surface area contributed by atoms with Gasteiger partial charge in [-0.2, -0.15) is 0 Å². The predicted octanol–water partition coefficient (Wildman–Crippen LogP) is 4.77. The Morgan fingerprint density at radius 2 is 2.08 bits per heavy atom. The highest BCUT2D eigenvalue weighted by atomic mass is 16.2. The van der Waals surface area contributed by atoms with Crippen molar-refractivity contribution in [3.8, 4) is 0 Å². The summed E-state index contributed by atoms with van der Waals surface area (Å²) in [5.74, 6) is 1.43. The topological polar surface area (TPSA) is 56.2 Å². The molecule has 2 unspecified atom stereocenters. The molecule has 3 aliphatic rings. The Balaban J connectivity index is 1.71. The molecule has 144 valence electrons. The Morgan fingerprint density at radius 1 is 1.31 bits per heavy atom. The van der Waals surface area contributed by atoms with Gasteiger partial charge in [-0.3, -0.25) is 15.1 Å². The lowest BCUT2D eigenvalue weighted by Crippen LogP contribution is -2.49. The lowest BCUT2D eigenvalue weighted by molar-refractivity contribution is -0.132. The van der Waals surface area contributed by atoms with Gasteiger partial charge in [0.25, 0.3) is 5.91 Å². The third kappa shape index (κ3) is 4.21. The first-order chi connectivity index (χ1) is 12.5. The highest BCUT2D eigenvalue weighted by molar-refractivity contribution is 6.07. The summed E-state index contributed by atoms with van der Waals surface area (Å²) in [5, 5.41) is 11.8. The largest absolute Gasteiger partial charge is 0.342 e. The van der Waals surface area contributed by atoms with Crippen molar-refractivity contribution in [3.63, 3.8) is 0 Å². The fourth-order valence-electron chi connectivity index (χ4n) is 4.80. The van der Waals surface area contributed by atoms with E-state index in [4.69, 9.17) is 5.41 Å². The van der Waals surface area contributed by atoms with E-state index in [1.54, 1.807) is 4.90 Å². The molecular formula is C22H35N3O. The maximum atomic E-state index is 13.4. The minimum absolute atomic E-state index is 0.154. The summed E-state index contributed by atoms with van der Waals surface area (Å²) < 4.78 is 0. The summed E-state index contributed by atoms with van der Waals surface area (Å²) in [4.78, 5) is 15.2. The number of carbonyl (C=O) groups is 1. The molecule has 0 spiro atoms. The van der Waals surface area contributed by atoms with E-state index in [-0.39, 0.29) is 5.91 Å². The van der Waals surface area contributed by atoms with Crippen LogP contribution in [0.25, 0.3) is 0 Å². The molecule has 2 aliphatic carbocycles. The van der Waals surface area contributed by atoms with Crippen LogP contribution in [0, 0.1) is 17.2 Å². The van der Waals surface area contributed by atoms with E-state index in [1.807, 2.05) is 0 Å². The Morgan fingerprint density at radius 3 is 2.73 bits per heavy atom. The molecule has 1 aliphatic heterocycles. The number of guanidine groups is 1. The maximum absolute atomic E-state index is 13.4. The number of unbranched alkanes of at least 4 members (excludes halogenated alkanes) is 1. The SMILES string of the molecule is CCCCC1(CC2CCCCC2)NC(=N)N(CC2C=CC(C)=CC2)C1=O.